The van der Waals surface area contributed by atoms with E-state index in [1.165, 1.54) is 25.7 Å². The first-order chi connectivity index (χ1) is 19.1. The SMILES string of the molecule is CC(C)(C)c1cc(C2CCCC3C2CCC3[Si](C)(C)[Si](C)(C)C2CCC(C[Si](C)(C)C)C2)cc(C(C)(C)C)c1.[CH3-].[CH3-].[Cl][Zr+2][Cl]. The molecule has 0 spiro atoms. The Kier molecular flexibility index (Phi) is 16.1. The summed E-state index contributed by atoms with van der Waals surface area (Å²) >= 11 is -0.826. The van der Waals surface area contributed by atoms with Gasteiger partial charge in [-0.1, -0.05) is 150 Å². The van der Waals surface area contributed by atoms with Crippen LogP contribution in [0, 0.1) is 32.6 Å². The van der Waals surface area contributed by atoms with E-state index >= 15 is 0 Å². The zero-order valence-corrected chi connectivity index (χ0v) is 38.8. The Morgan fingerprint density at radius 2 is 1.20 bits per heavy atom. The van der Waals surface area contributed by atoms with Gasteiger partial charge in [0.25, 0.3) is 0 Å². The molecule has 6 heteroatoms. The molecule has 44 heavy (non-hydrogen) atoms. The van der Waals surface area contributed by atoms with Crippen molar-refractivity contribution in [2.24, 2.45) is 17.8 Å². The molecular formula is C38H72Cl2Si3Zr. The average Bonchev–Trinajstić information content (AvgIpc) is 3.49. The number of fused-ring (bicyclic) bond motifs is 1. The third kappa shape index (κ3) is 10.2. The van der Waals surface area contributed by atoms with Crippen LogP contribution in [0.4, 0.5) is 0 Å². The molecule has 1 aromatic carbocycles. The normalized spacial score (nSPS) is 27.7. The first kappa shape index (κ1) is 43.4. The molecule has 6 unspecified atom stereocenters. The third-order valence-electron chi connectivity index (χ3n) is 12.6. The Morgan fingerprint density at radius 3 is 1.68 bits per heavy atom. The average molecular weight is 775 g/mol. The van der Waals surface area contributed by atoms with Crippen LogP contribution in [0.3, 0.4) is 0 Å². The van der Waals surface area contributed by atoms with Crippen LogP contribution >= 0.6 is 17.0 Å². The fourth-order valence-corrected chi connectivity index (χ4v) is 25.8. The molecule has 0 aromatic heterocycles. The molecule has 4 rings (SSSR count). The van der Waals surface area contributed by atoms with Crippen LogP contribution in [0.25, 0.3) is 0 Å². The van der Waals surface area contributed by atoms with Crippen LogP contribution < -0.4 is 0 Å². The van der Waals surface area contributed by atoms with Crippen molar-refractivity contribution in [1.82, 2.24) is 0 Å². The molecule has 3 aliphatic rings. The Bertz CT molecular complexity index is 1000. The Balaban J connectivity index is 0.00000186. The summed E-state index contributed by atoms with van der Waals surface area (Å²) < 4.78 is 0. The number of rotatable bonds is 6. The fraction of sp³-hybridized carbons (Fsp3) is 0.789. The molecule has 0 saturated heterocycles. The van der Waals surface area contributed by atoms with Gasteiger partial charge in [-0.15, -0.1) is 0 Å². The van der Waals surface area contributed by atoms with Gasteiger partial charge >= 0.3 is 37.9 Å². The molecule has 0 N–H and O–H groups in total. The molecule has 1 aromatic rings. The van der Waals surface area contributed by atoms with Crippen molar-refractivity contribution in [1.29, 1.82) is 0 Å². The molecule has 6 atom stereocenters. The summed E-state index contributed by atoms with van der Waals surface area (Å²) in [5.74, 6) is 3.79. The van der Waals surface area contributed by atoms with E-state index in [2.05, 4.69) is 106 Å². The van der Waals surface area contributed by atoms with Gasteiger partial charge in [0.05, 0.1) is 0 Å². The second-order valence-corrected chi connectivity index (χ2v) is 44.5. The van der Waals surface area contributed by atoms with Crippen molar-refractivity contribution in [3.8, 4) is 0 Å². The van der Waals surface area contributed by atoms with E-state index in [1.807, 2.05) is 0 Å². The minimum atomic E-state index is -1.32. The van der Waals surface area contributed by atoms with Crippen molar-refractivity contribution >= 4 is 40.3 Å². The van der Waals surface area contributed by atoms with E-state index in [0.29, 0.717) is 0 Å². The molecule has 3 aliphatic carbocycles. The summed E-state index contributed by atoms with van der Waals surface area (Å²) in [7, 11) is 6.32. The van der Waals surface area contributed by atoms with Crippen molar-refractivity contribution < 1.29 is 20.8 Å². The van der Waals surface area contributed by atoms with Crippen LogP contribution in [-0.2, 0) is 31.7 Å². The first-order valence-corrected chi connectivity index (χ1v) is 34.4. The van der Waals surface area contributed by atoms with Gasteiger partial charge < -0.3 is 14.9 Å². The van der Waals surface area contributed by atoms with E-state index in [-0.39, 0.29) is 25.7 Å². The van der Waals surface area contributed by atoms with Crippen molar-refractivity contribution in [2.75, 3.05) is 0 Å². The van der Waals surface area contributed by atoms with Gasteiger partial charge in [-0.05, 0) is 75.1 Å². The zero-order chi connectivity index (χ0) is 31.9. The van der Waals surface area contributed by atoms with E-state index in [1.54, 1.807) is 48.4 Å². The predicted octanol–water partition coefficient (Wildman–Crippen LogP) is 14.2. The summed E-state index contributed by atoms with van der Waals surface area (Å²) in [5, 5.41) is 0. The quantitative estimate of drug-likeness (QED) is 0.199. The molecule has 3 saturated carbocycles. The fourth-order valence-electron chi connectivity index (χ4n) is 9.63. The molecule has 0 aliphatic heterocycles. The van der Waals surface area contributed by atoms with Gasteiger partial charge in [0.15, 0.2) is 0 Å². The van der Waals surface area contributed by atoms with Gasteiger partial charge in [-0.3, -0.25) is 0 Å². The minimum absolute atomic E-state index is 0. The van der Waals surface area contributed by atoms with E-state index in [9.17, 15) is 0 Å². The van der Waals surface area contributed by atoms with Crippen LogP contribution in [-0.4, -0.2) is 23.3 Å². The number of benzene rings is 1. The summed E-state index contributed by atoms with van der Waals surface area (Å²) in [6.07, 6.45) is 12.2. The molecule has 0 heterocycles. The number of hydrogen-bond donors (Lipinski definition) is 0. The molecule has 0 amide bonds. The molecular weight excluding hydrogens is 703 g/mol. The van der Waals surface area contributed by atoms with Gasteiger partial charge in [-0.25, -0.2) is 0 Å². The van der Waals surface area contributed by atoms with Crippen LogP contribution in [0.15, 0.2) is 18.2 Å². The Morgan fingerprint density at radius 1 is 0.682 bits per heavy atom. The van der Waals surface area contributed by atoms with Crippen molar-refractivity contribution in [2.45, 2.75) is 173 Å². The summed E-state index contributed by atoms with van der Waals surface area (Å²) in [6, 6.07) is 9.40. The zero-order valence-electron chi connectivity index (χ0n) is 31.8. The van der Waals surface area contributed by atoms with E-state index < -0.39 is 44.1 Å². The second-order valence-electron chi connectivity index (χ2n) is 19.0. The molecule has 0 radical (unpaired) electrons. The van der Waals surface area contributed by atoms with Crippen LogP contribution in [0.1, 0.15) is 116 Å². The van der Waals surface area contributed by atoms with Gasteiger partial charge in [-0.2, -0.15) is 0 Å². The standard InChI is InChI=1S/C36H66Si3.2CH3.2ClH.Zr/c1-35(2,3)28-22-27(23-29(24-28)36(4,5)6)31-15-14-16-33-32(31)19-20-34(33)39(12,13)38(10,11)30-18-17-26(21-30)25-37(7,8)9;;;;;/h22-24,26,30-34H,14-21,25H2,1-13H3;2*1H3;2*1H;/q;2*-1;;;+4/p-2. The molecule has 254 valence electrons. The maximum atomic E-state index is 4.93. The summed E-state index contributed by atoms with van der Waals surface area (Å²) in [6.45, 7) is 33.8. The first-order valence-electron chi connectivity index (χ1n) is 17.3. The van der Waals surface area contributed by atoms with Crippen molar-refractivity contribution in [3.05, 3.63) is 49.7 Å². The molecule has 0 bridgehead atoms. The number of halogens is 2. The summed E-state index contributed by atoms with van der Waals surface area (Å²) in [5.41, 5.74) is 7.41. The molecule has 3 fully saturated rings. The van der Waals surface area contributed by atoms with E-state index in [4.69, 9.17) is 17.0 Å². The van der Waals surface area contributed by atoms with Gasteiger partial charge in [0.1, 0.15) is 0 Å². The maximum absolute atomic E-state index is 4.93. The van der Waals surface area contributed by atoms with Crippen LogP contribution in [0.5, 0.6) is 0 Å². The predicted molar refractivity (Wildman–Crippen MR) is 209 cm³/mol. The van der Waals surface area contributed by atoms with Crippen molar-refractivity contribution in [3.63, 3.8) is 0 Å². The Hall–Kier alpha value is 1.33. The van der Waals surface area contributed by atoms with Crippen LogP contribution in [0.2, 0.25) is 63.0 Å². The summed E-state index contributed by atoms with van der Waals surface area (Å²) in [4.78, 5) is 0. The topological polar surface area (TPSA) is 0 Å². The van der Waals surface area contributed by atoms with Gasteiger partial charge in [0, 0.05) is 23.3 Å². The second kappa shape index (κ2) is 16.4. The number of hydrogen-bond acceptors (Lipinski definition) is 0. The monoisotopic (exact) mass is 772 g/mol. The third-order valence-corrected chi connectivity index (χ3v) is 35.2. The van der Waals surface area contributed by atoms with Gasteiger partial charge in [0.2, 0.25) is 0 Å². The Labute approximate surface area is 298 Å². The van der Waals surface area contributed by atoms with E-state index in [0.717, 1.165) is 34.8 Å². The molecule has 0 nitrogen and oxygen atoms in total.